The van der Waals surface area contributed by atoms with Crippen molar-refractivity contribution < 1.29 is 9.53 Å². The van der Waals surface area contributed by atoms with Crippen molar-refractivity contribution in [2.45, 2.75) is 35.7 Å². The van der Waals surface area contributed by atoms with Gasteiger partial charge < -0.3 is 9.64 Å². The number of carbonyl (C=O) groups excluding carboxylic acids is 1. The Bertz CT molecular complexity index is 700. The van der Waals surface area contributed by atoms with Crippen LogP contribution >= 0.6 is 11.8 Å². The van der Waals surface area contributed by atoms with Crippen LogP contribution in [0.4, 0.5) is 0 Å². The molecule has 24 heavy (non-hydrogen) atoms. The van der Waals surface area contributed by atoms with Crippen molar-refractivity contribution in [1.82, 2.24) is 19.7 Å². The van der Waals surface area contributed by atoms with Crippen LogP contribution in [0.2, 0.25) is 0 Å². The largest absolute Gasteiger partial charge is 0.381 e. The summed E-state index contributed by atoms with van der Waals surface area (Å²) in [6.07, 6.45) is 4.46. The molecule has 1 atom stereocenters. The number of para-hydroxylation sites is 1. The molecular weight excluding hydrogens is 324 g/mol. The van der Waals surface area contributed by atoms with Gasteiger partial charge in [-0.15, -0.1) is 5.10 Å². The van der Waals surface area contributed by atoms with E-state index in [-0.39, 0.29) is 11.2 Å². The fourth-order valence-corrected chi connectivity index (χ4v) is 4.23. The molecule has 0 N–H and O–H groups in total. The molecule has 1 amide bonds. The fraction of sp³-hybridized carbons (Fsp3) is 0.471. The van der Waals surface area contributed by atoms with Crippen molar-refractivity contribution in [1.29, 1.82) is 0 Å². The SMILES string of the molecule is O=C1[C@@H](Sc2ncn(-c3ccccc3)n2)CCN1C1CCOCC1. The van der Waals surface area contributed by atoms with Crippen molar-refractivity contribution in [3.8, 4) is 5.69 Å². The zero-order valence-electron chi connectivity index (χ0n) is 13.4. The Kier molecular flexibility index (Phi) is 4.53. The average molecular weight is 344 g/mol. The second-order valence-electron chi connectivity index (χ2n) is 6.08. The van der Waals surface area contributed by atoms with Gasteiger partial charge in [0, 0.05) is 25.8 Å². The molecule has 0 unspecified atom stereocenters. The first-order valence-corrected chi connectivity index (χ1v) is 9.21. The second-order valence-corrected chi connectivity index (χ2v) is 7.25. The Morgan fingerprint density at radius 2 is 1.92 bits per heavy atom. The van der Waals surface area contributed by atoms with Gasteiger partial charge in [-0.1, -0.05) is 30.0 Å². The smallest absolute Gasteiger partial charge is 0.236 e. The first kappa shape index (κ1) is 15.7. The molecule has 6 nitrogen and oxygen atoms in total. The lowest BCUT2D eigenvalue weighted by atomic mass is 10.1. The third-order valence-corrected chi connectivity index (χ3v) is 5.68. The van der Waals surface area contributed by atoms with E-state index in [1.165, 1.54) is 11.8 Å². The summed E-state index contributed by atoms with van der Waals surface area (Å²) >= 11 is 1.48. The summed E-state index contributed by atoms with van der Waals surface area (Å²) in [5, 5.41) is 5.08. The Balaban J connectivity index is 1.41. The number of hydrogen-bond acceptors (Lipinski definition) is 5. The van der Waals surface area contributed by atoms with Crippen LogP contribution in [0.5, 0.6) is 0 Å². The van der Waals surface area contributed by atoms with Gasteiger partial charge in [-0.25, -0.2) is 9.67 Å². The Morgan fingerprint density at radius 3 is 2.71 bits per heavy atom. The lowest BCUT2D eigenvalue weighted by Crippen LogP contribution is -2.41. The minimum absolute atomic E-state index is 0.0699. The van der Waals surface area contributed by atoms with Crippen molar-refractivity contribution in [2.24, 2.45) is 0 Å². The quantitative estimate of drug-likeness (QED) is 0.850. The number of likely N-dealkylation sites (tertiary alicyclic amines) is 1. The van der Waals surface area contributed by atoms with Crippen LogP contribution in [0.1, 0.15) is 19.3 Å². The van der Waals surface area contributed by atoms with E-state index in [4.69, 9.17) is 4.74 Å². The number of ether oxygens (including phenoxy) is 1. The standard InChI is InChI=1S/C17H20N4O2S/c22-16-15(6-9-20(16)13-7-10-23-11-8-13)24-17-18-12-21(19-17)14-4-2-1-3-5-14/h1-5,12-13,15H,6-11H2/t15-/m0/s1. The number of thioether (sulfide) groups is 1. The minimum Gasteiger partial charge on any atom is -0.381 e. The van der Waals surface area contributed by atoms with Crippen LogP contribution in [0.15, 0.2) is 41.8 Å². The van der Waals surface area contributed by atoms with Crippen LogP contribution in [-0.4, -0.2) is 56.6 Å². The summed E-state index contributed by atoms with van der Waals surface area (Å²) in [6.45, 7) is 2.35. The predicted octanol–water partition coefficient (Wildman–Crippen LogP) is 2.14. The van der Waals surface area contributed by atoms with Crippen LogP contribution in [0.3, 0.4) is 0 Å². The predicted molar refractivity (Wildman–Crippen MR) is 91.2 cm³/mol. The molecule has 1 aromatic heterocycles. The molecule has 0 aliphatic carbocycles. The minimum atomic E-state index is -0.0699. The highest BCUT2D eigenvalue weighted by Crippen LogP contribution is 2.31. The highest BCUT2D eigenvalue weighted by molar-refractivity contribution is 8.00. The van der Waals surface area contributed by atoms with Gasteiger partial charge in [-0.05, 0) is 31.4 Å². The van der Waals surface area contributed by atoms with Crippen LogP contribution in [0, 0.1) is 0 Å². The van der Waals surface area contributed by atoms with Crippen LogP contribution < -0.4 is 0 Å². The molecular formula is C17H20N4O2S. The lowest BCUT2D eigenvalue weighted by molar-refractivity contribution is -0.130. The number of hydrogen-bond donors (Lipinski definition) is 0. The van der Waals surface area contributed by atoms with Gasteiger partial charge in [0.2, 0.25) is 11.1 Å². The molecule has 2 saturated heterocycles. The molecule has 4 rings (SSSR count). The van der Waals surface area contributed by atoms with E-state index < -0.39 is 0 Å². The number of nitrogens with zero attached hydrogens (tertiary/aromatic N) is 4. The Hall–Kier alpha value is -1.86. The van der Waals surface area contributed by atoms with Crippen LogP contribution in [-0.2, 0) is 9.53 Å². The first-order valence-electron chi connectivity index (χ1n) is 8.33. The van der Waals surface area contributed by atoms with Crippen LogP contribution in [0.25, 0.3) is 5.69 Å². The molecule has 0 saturated carbocycles. The third kappa shape index (κ3) is 3.18. The molecule has 0 bridgehead atoms. The highest BCUT2D eigenvalue weighted by Gasteiger charge is 2.37. The van der Waals surface area contributed by atoms with E-state index in [2.05, 4.69) is 10.1 Å². The van der Waals surface area contributed by atoms with Crippen molar-refractivity contribution in [2.75, 3.05) is 19.8 Å². The van der Waals surface area contributed by atoms with E-state index in [0.29, 0.717) is 11.2 Å². The monoisotopic (exact) mass is 344 g/mol. The number of rotatable bonds is 4. The molecule has 1 aromatic carbocycles. The maximum atomic E-state index is 12.7. The molecule has 2 aliphatic heterocycles. The maximum absolute atomic E-state index is 12.7. The van der Waals surface area contributed by atoms with E-state index >= 15 is 0 Å². The number of aromatic nitrogens is 3. The van der Waals surface area contributed by atoms with Crippen molar-refractivity contribution in [3.05, 3.63) is 36.7 Å². The molecule has 7 heteroatoms. The molecule has 0 spiro atoms. The van der Waals surface area contributed by atoms with Gasteiger partial charge in [0.15, 0.2) is 0 Å². The van der Waals surface area contributed by atoms with Gasteiger partial charge in [-0.2, -0.15) is 0 Å². The highest BCUT2D eigenvalue weighted by atomic mass is 32.2. The molecule has 0 radical (unpaired) electrons. The molecule has 2 aromatic rings. The van der Waals surface area contributed by atoms with Gasteiger partial charge in [-0.3, -0.25) is 4.79 Å². The molecule has 3 heterocycles. The van der Waals surface area contributed by atoms with Crippen molar-refractivity contribution >= 4 is 17.7 Å². The van der Waals surface area contributed by atoms with E-state index in [1.54, 1.807) is 11.0 Å². The number of carbonyl (C=O) groups is 1. The van der Waals surface area contributed by atoms with Gasteiger partial charge in [0.1, 0.15) is 6.33 Å². The maximum Gasteiger partial charge on any atom is 0.236 e. The topological polar surface area (TPSA) is 60.2 Å². The lowest BCUT2D eigenvalue weighted by Gasteiger charge is -2.31. The Labute approximate surface area is 145 Å². The summed E-state index contributed by atoms with van der Waals surface area (Å²) in [4.78, 5) is 19.1. The summed E-state index contributed by atoms with van der Waals surface area (Å²) < 4.78 is 7.14. The zero-order valence-corrected chi connectivity index (χ0v) is 14.2. The summed E-state index contributed by atoms with van der Waals surface area (Å²) in [7, 11) is 0. The van der Waals surface area contributed by atoms with Gasteiger partial charge >= 0.3 is 0 Å². The normalized spacial score (nSPS) is 22.2. The number of benzene rings is 1. The second kappa shape index (κ2) is 6.94. The zero-order chi connectivity index (χ0) is 16.4. The summed E-state index contributed by atoms with van der Waals surface area (Å²) in [6, 6.07) is 10.2. The Morgan fingerprint density at radius 1 is 1.12 bits per heavy atom. The van der Waals surface area contributed by atoms with E-state index in [9.17, 15) is 4.79 Å². The summed E-state index contributed by atoms with van der Waals surface area (Å²) in [5.41, 5.74) is 0.971. The molecule has 2 fully saturated rings. The number of amides is 1. The van der Waals surface area contributed by atoms with Crippen molar-refractivity contribution in [3.63, 3.8) is 0 Å². The van der Waals surface area contributed by atoms with Gasteiger partial charge in [0.25, 0.3) is 0 Å². The molecule has 2 aliphatic rings. The summed E-state index contributed by atoms with van der Waals surface area (Å²) in [5.74, 6) is 0.225. The van der Waals surface area contributed by atoms with E-state index in [0.717, 1.165) is 44.7 Å². The molecule has 126 valence electrons. The third-order valence-electron chi connectivity index (χ3n) is 4.56. The first-order chi connectivity index (χ1) is 11.8. The van der Waals surface area contributed by atoms with E-state index in [1.807, 2.05) is 35.2 Å². The average Bonchev–Trinajstić information content (AvgIpc) is 3.25. The fourth-order valence-electron chi connectivity index (χ4n) is 3.28. The van der Waals surface area contributed by atoms with Gasteiger partial charge in [0.05, 0.1) is 10.9 Å².